The van der Waals surface area contributed by atoms with Crippen molar-refractivity contribution in [3.63, 3.8) is 0 Å². The third-order valence-electron chi connectivity index (χ3n) is 11.5. The van der Waals surface area contributed by atoms with Crippen molar-refractivity contribution in [1.29, 1.82) is 0 Å². The van der Waals surface area contributed by atoms with Gasteiger partial charge in [-0.05, 0) is 107 Å². The SMILES string of the molecule is CC1(C)c2cc(-c3ccc4ccc5c(-c6ccccc6)ccc6ccc3c4c65)ccc2-c2c1ccc1c2c2ccccc2n1-c1ccccc1. The van der Waals surface area contributed by atoms with E-state index >= 15 is 0 Å². The van der Waals surface area contributed by atoms with E-state index in [2.05, 4.69) is 182 Å². The Labute approximate surface area is 291 Å². The van der Waals surface area contributed by atoms with E-state index in [1.54, 1.807) is 0 Å². The highest BCUT2D eigenvalue weighted by atomic mass is 15.0. The van der Waals surface area contributed by atoms with Gasteiger partial charge in [-0.15, -0.1) is 0 Å². The molecule has 0 saturated carbocycles. The van der Waals surface area contributed by atoms with Gasteiger partial charge in [0.2, 0.25) is 0 Å². The molecule has 234 valence electrons. The largest absolute Gasteiger partial charge is 0.309 e. The maximum Gasteiger partial charge on any atom is 0.0547 e. The van der Waals surface area contributed by atoms with E-state index in [4.69, 9.17) is 0 Å². The minimum atomic E-state index is -0.140. The van der Waals surface area contributed by atoms with Crippen molar-refractivity contribution in [3.8, 4) is 39.1 Å². The van der Waals surface area contributed by atoms with Crippen molar-refractivity contribution in [1.82, 2.24) is 4.57 Å². The summed E-state index contributed by atoms with van der Waals surface area (Å²) >= 11 is 0. The van der Waals surface area contributed by atoms with E-state index < -0.39 is 0 Å². The van der Waals surface area contributed by atoms with Gasteiger partial charge in [-0.3, -0.25) is 0 Å². The molecule has 0 unspecified atom stereocenters. The van der Waals surface area contributed by atoms with Crippen LogP contribution in [0, 0.1) is 0 Å². The zero-order chi connectivity index (χ0) is 33.1. The van der Waals surface area contributed by atoms with Gasteiger partial charge >= 0.3 is 0 Å². The first-order valence-corrected chi connectivity index (χ1v) is 17.6. The average Bonchev–Trinajstić information content (AvgIpc) is 3.62. The number of nitrogens with zero attached hydrogens (tertiary/aromatic N) is 1. The molecule has 1 heterocycles. The molecule has 1 heteroatoms. The van der Waals surface area contributed by atoms with Crippen LogP contribution in [0.1, 0.15) is 25.0 Å². The number of fused-ring (bicyclic) bond motifs is 7. The van der Waals surface area contributed by atoms with Crippen molar-refractivity contribution in [3.05, 3.63) is 175 Å². The van der Waals surface area contributed by atoms with E-state index in [0.29, 0.717) is 0 Å². The molecule has 1 aromatic heterocycles. The summed E-state index contributed by atoms with van der Waals surface area (Å²) in [6.45, 7) is 4.80. The van der Waals surface area contributed by atoms with Crippen LogP contribution in [-0.4, -0.2) is 4.57 Å². The molecule has 1 aliphatic rings. The molecule has 10 aromatic rings. The summed E-state index contributed by atoms with van der Waals surface area (Å²) in [5.74, 6) is 0. The summed E-state index contributed by atoms with van der Waals surface area (Å²) in [7, 11) is 0. The molecule has 0 N–H and O–H groups in total. The lowest BCUT2D eigenvalue weighted by Gasteiger charge is -2.22. The van der Waals surface area contributed by atoms with E-state index in [-0.39, 0.29) is 5.41 Å². The molecule has 0 amide bonds. The van der Waals surface area contributed by atoms with Crippen molar-refractivity contribution in [2.45, 2.75) is 19.3 Å². The summed E-state index contributed by atoms with van der Waals surface area (Å²) in [6, 6.07) is 60.9. The average molecular weight is 636 g/mol. The third kappa shape index (κ3) is 3.62. The Bertz CT molecular complexity index is 2980. The maximum absolute atomic E-state index is 2.49. The Morgan fingerprint density at radius 1 is 0.400 bits per heavy atom. The Morgan fingerprint density at radius 2 is 1.00 bits per heavy atom. The molecule has 1 aliphatic carbocycles. The first-order chi connectivity index (χ1) is 24.6. The fourth-order valence-electron chi connectivity index (χ4n) is 9.23. The van der Waals surface area contributed by atoms with Crippen LogP contribution < -0.4 is 0 Å². The normalized spacial score (nSPS) is 13.6. The zero-order valence-corrected chi connectivity index (χ0v) is 28.0. The molecular formula is C49H33N. The lowest BCUT2D eigenvalue weighted by atomic mass is 9.81. The second-order valence-corrected chi connectivity index (χ2v) is 14.5. The second-order valence-electron chi connectivity index (χ2n) is 14.5. The molecule has 0 radical (unpaired) electrons. The van der Waals surface area contributed by atoms with E-state index in [1.807, 2.05) is 0 Å². The van der Waals surface area contributed by atoms with Crippen molar-refractivity contribution < 1.29 is 0 Å². The summed E-state index contributed by atoms with van der Waals surface area (Å²) in [4.78, 5) is 0. The Balaban J connectivity index is 1.14. The quantitative estimate of drug-likeness (QED) is 0.170. The Morgan fingerprint density at radius 3 is 1.72 bits per heavy atom. The Hall–Kier alpha value is -6.18. The Kier molecular flexibility index (Phi) is 5.51. The minimum absolute atomic E-state index is 0.140. The van der Waals surface area contributed by atoms with Crippen molar-refractivity contribution in [2.75, 3.05) is 0 Å². The summed E-state index contributed by atoms with van der Waals surface area (Å²) < 4.78 is 2.43. The van der Waals surface area contributed by atoms with E-state index in [0.717, 1.165) is 0 Å². The van der Waals surface area contributed by atoms with Gasteiger partial charge in [-0.25, -0.2) is 0 Å². The first-order valence-electron chi connectivity index (χ1n) is 17.6. The van der Waals surface area contributed by atoms with Crippen LogP contribution in [0.5, 0.6) is 0 Å². The van der Waals surface area contributed by atoms with E-state index in [1.165, 1.54) is 104 Å². The molecule has 0 aliphatic heterocycles. The van der Waals surface area contributed by atoms with Gasteiger partial charge in [-0.1, -0.05) is 147 Å². The number of aromatic nitrogens is 1. The predicted octanol–water partition coefficient (Wildman–Crippen LogP) is 13.3. The van der Waals surface area contributed by atoms with Crippen LogP contribution in [0.15, 0.2) is 164 Å². The second kappa shape index (κ2) is 9.94. The fourth-order valence-corrected chi connectivity index (χ4v) is 9.23. The van der Waals surface area contributed by atoms with Gasteiger partial charge < -0.3 is 4.57 Å². The molecule has 0 atom stereocenters. The lowest BCUT2D eigenvalue weighted by Crippen LogP contribution is -2.15. The molecule has 0 saturated heterocycles. The lowest BCUT2D eigenvalue weighted by molar-refractivity contribution is 0.661. The van der Waals surface area contributed by atoms with Crippen molar-refractivity contribution in [2.24, 2.45) is 0 Å². The standard InChI is InChI=1S/C49H33N/c1-49(2)41-27-28-44-48(40-15-9-10-16-43(40)50(44)34-13-7-4-8-14-34)47(41)39-26-21-33(29-42(39)49)36-23-18-32-19-24-37-35(30-11-5-3-6-12-30)22-17-31-20-25-38(36)46(32)45(31)37/h3-29H,1-2H3. The summed E-state index contributed by atoms with van der Waals surface area (Å²) in [5, 5.41) is 10.6. The molecule has 0 fully saturated rings. The van der Waals surface area contributed by atoms with Crippen LogP contribution in [0.4, 0.5) is 0 Å². The van der Waals surface area contributed by atoms with Gasteiger partial charge in [0, 0.05) is 21.9 Å². The number of benzene rings is 9. The molecule has 0 spiro atoms. The molecular weight excluding hydrogens is 603 g/mol. The first kappa shape index (κ1) is 27.7. The monoisotopic (exact) mass is 635 g/mol. The van der Waals surface area contributed by atoms with Gasteiger partial charge in [0.15, 0.2) is 0 Å². The van der Waals surface area contributed by atoms with Crippen molar-refractivity contribution >= 4 is 54.1 Å². The van der Waals surface area contributed by atoms with Crippen LogP contribution in [0.3, 0.4) is 0 Å². The molecule has 50 heavy (non-hydrogen) atoms. The van der Waals surface area contributed by atoms with Gasteiger partial charge in [-0.2, -0.15) is 0 Å². The highest BCUT2D eigenvalue weighted by Crippen LogP contribution is 2.54. The topological polar surface area (TPSA) is 4.93 Å². The number of rotatable bonds is 3. The van der Waals surface area contributed by atoms with Crippen LogP contribution >= 0.6 is 0 Å². The van der Waals surface area contributed by atoms with Crippen LogP contribution in [0.25, 0.3) is 93.2 Å². The van der Waals surface area contributed by atoms with Gasteiger partial charge in [0.25, 0.3) is 0 Å². The summed E-state index contributed by atoms with van der Waals surface area (Å²) in [6.07, 6.45) is 0. The smallest absolute Gasteiger partial charge is 0.0547 e. The molecule has 11 rings (SSSR count). The van der Waals surface area contributed by atoms with Gasteiger partial charge in [0.1, 0.15) is 0 Å². The van der Waals surface area contributed by atoms with Crippen LogP contribution in [0.2, 0.25) is 0 Å². The maximum atomic E-state index is 2.49. The minimum Gasteiger partial charge on any atom is -0.309 e. The predicted molar refractivity (Wildman–Crippen MR) is 213 cm³/mol. The highest BCUT2D eigenvalue weighted by molar-refractivity contribution is 6.27. The highest BCUT2D eigenvalue weighted by Gasteiger charge is 2.38. The van der Waals surface area contributed by atoms with E-state index in [9.17, 15) is 0 Å². The molecule has 9 aromatic carbocycles. The molecule has 0 bridgehead atoms. The third-order valence-corrected chi connectivity index (χ3v) is 11.5. The number of para-hydroxylation sites is 2. The van der Waals surface area contributed by atoms with Gasteiger partial charge in [0.05, 0.1) is 11.0 Å². The number of hydrogen-bond donors (Lipinski definition) is 0. The fraction of sp³-hybridized carbons (Fsp3) is 0.0612. The summed E-state index contributed by atoms with van der Waals surface area (Å²) in [5.41, 5.74) is 14.2. The number of hydrogen-bond acceptors (Lipinski definition) is 0. The zero-order valence-electron chi connectivity index (χ0n) is 28.0. The van der Waals surface area contributed by atoms with Crippen LogP contribution in [-0.2, 0) is 5.41 Å². The molecule has 1 nitrogen and oxygen atoms in total.